The summed E-state index contributed by atoms with van der Waals surface area (Å²) in [5.74, 6) is 0.136. The van der Waals surface area contributed by atoms with Gasteiger partial charge in [0.1, 0.15) is 0 Å². The van der Waals surface area contributed by atoms with Gasteiger partial charge in [-0.25, -0.2) is 4.79 Å². The van der Waals surface area contributed by atoms with E-state index in [-0.39, 0.29) is 18.4 Å². The van der Waals surface area contributed by atoms with Crippen LogP contribution in [0.25, 0.3) is 0 Å². The maximum absolute atomic E-state index is 11.9. The topological polar surface area (TPSA) is 78.4 Å². The molecule has 0 aromatic heterocycles. The van der Waals surface area contributed by atoms with E-state index in [1.165, 1.54) is 0 Å². The summed E-state index contributed by atoms with van der Waals surface area (Å²) in [4.78, 5) is 23.8. The highest BCUT2D eigenvalue weighted by molar-refractivity contribution is 6.00. The number of hydrogen-bond donors (Lipinski definition) is 3. The van der Waals surface area contributed by atoms with E-state index in [1.807, 2.05) is 26.0 Å². The summed E-state index contributed by atoms with van der Waals surface area (Å²) in [7, 11) is 0. The number of aliphatic hydroxyl groups is 1. The molecule has 5 heteroatoms. The molecule has 0 fully saturated rings. The second kappa shape index (κ2) is 6.92. The molecule has 1 aromatic carbocycles. The van der Waals surface area contributed by atoms with E-state index in [2.05, 4.69) is 10.6 Å². The molecule has 5 nitrogen and oxygen atoms in total. The SMILES string of the molecule is CCC(O)(CC)CNC(=O)Nc1ccc2c(c1)C(=O)CCC2. The summed E-state index contributed by atoms with van der Waals surface area (Å²) < 4.78 is 0. The maximum atomic E-state index is 11.9. The van der Waals surface area contributed by atoms with E-state index in [1.54, 1.807) is 6.07 Å². The average molecular weight is 304 g/mol. The number of fused-ring (bicyclic) bond motifs is 1. The Morgan fingerprint density at radius 1 is 1.27 bits per heavy atom. The number of carbonyl (C=O) groups excluding carboxylic acids is 2. The fourth-order valence-electron chi connectivity index (χ4n) is 2.63. The fourth-order valence-corrected chi connectivity index (χ4v) is 2.63. The first kappa shape index (κ1) is 16.5. The summed E-state index contributed by atoms with van der Waals surface area (Å²) >= 11 is 0. The second-order valence-electron chi connectivity index (χ2n) is 5.89. The molecule has 2 rings (SSSR count). The van der Waals surface area contributed by atoms with Crippen molar-refractivity contribution < 1.29 is 14.7 Å². The lowest BCUT2D eigenvalue weighted by Gasteiger charge is -2.25. The first-order valence-electron chi connectivity index (χ1n) is 7.91. The molecule has 0 saturated carbocycles. The van der Waals surface area contributed by atoms with Gasteiger partial charge in [-0.2, -0.15) is 0 Å². The Kier molecular flexibility index (Phi) is 5.19. The Morgan fingerprint density at radius 3 is 2.68 bits per heavy atom. The zero-order valence-electron chi connectivity index (χ0n) is 13.2. The normalized spacial score (nSPS) is 14.4. The predicted octanol–water partition coefficient (Wildman–Crippen LogP) is 2.88. The van der Waals surface area contributed by atoms with Gasteiger partial charge in [0.25, 0.3) is 0 Å². The van der Waals surface area contributed by atoms with Gasteiger partial charge in [0.05, 0.1) is 5.60 Å². The van der Waals surface area contributed by atoms with Crippen LogP contribution in [0.3, 0.4) is 0 Å². The number of urea groups is 1. The Morgan fingerprint density at radius 2 is 2.00 bits per heavy atom. The van der Waals surface area contributed by atoms with Crippen molar-refractivity contribution in [1.29, 1.82) is 0 Å². The minimum Gasteiger partial charge on any atom is -0.388 e. The number of ketones is 1. The zero-order valence-corrected chi connectivity index (χ0v) is 13.2. The standard InChI is InChI=1S/C17H24N2O3/c1-3-17(22,4-2)11-18-16(21)19-13-9-8-12-6-5-7-15(20)14(12)10-13/h8-10,22H,3-7,11H2,1-2H3,(H2,18,19,21). The van der Waals surface area contributed by atoms with E-state index in [4.69, 9.17) is 0 Å². The summed E-state index contributed by atoms with van der Waals surface area (Å²) in [6.45, 7) is 3.98. The van der Waals surface area contributed by atoms with Gasteiger partial charge < -0.3 is 15.7 Å². The van der Waals surface area contributed by atoms with E-state index in [0.29, 0.717) is 30.5 Å². The third-order valence-electron chi connectivity index (χ3n) is 4.41. The van der Waals surface area contributed by atoms with Gasteiger partial charge in [-0.05, 0) is 43.4 Å². The number of nitrogens with one attached hydrogen (secondary N) is 2. The minimum absolute atomic E-state index is 0.136. The molecule has 2 amide bonds. The maximum Gasteiger partial charge on any atom is 0.319 e. The zero-order chi connectivity index (χ0) is 16.2. The third kappa shape index (κ3) is 3.85. The quantitative estimate of drug-likeness (QED) is 0.782. The average Bonchev–Trinajstić information content (AvgIpc) is 2.53. The predicted molar refractivity (Wildman–Crippen MR) is 86.3 cm³/mol. The molecule has 0 radical (unpaired) electrons. The lowest BCUT2D eigenvalue weighted by atomic mass is 9.90. The van der Waals surface area contributed by atoms with Crippen molar-refractivity contribution in [3.8, 4) is 0 Å². The van der Waals surface area contributed by atoms with Crippen LogP contribution in [-0.4, -0.2) is 29.1 Å². The molecular weight excluding hydrogens is 280 g/mol. The lowest BCUT2D eigenvalue weighted by molar-refractivity contribution is 0.0354. The second-order valence-corrected chi connectivity index (χ2v) is 5.89. The highest BCUT2D eigenvalue weighted by Crippen LogP contribution is 2.24. The van der Waals surface area contributed by atoms with Crippen LogP contribution >= 0.6 is 0 Å². The molecule has 0 saturated heterocycles. The summed E-state index contributed by atoms with van der Waals surface area (Å²) in [5, 5.41) is 15.5. The first-order chi connectivity index (χ1) is 10.5. The number of Topliss-reactive ketones (excluding diaryl/α,β-unsaturated/α-hetero) is 1. The van der Waals surface area contributed by atoms with Gasteiger partial charge in [0.2, 0.25) is 0 Å². The van der Waals surface area contributed by atoms with Crippen molar-refractivity contribution in [3.05, 3.63) is 29.3 Å². The van der Waals surface area contributed by atoms with Crippen molar-refractivity contribution >= 4 is 17.5 Å². The van der Waals surface area contributed by atoms with E-state index in [9.17, 15) is 14.7 Å². The van der Waals surface area contributed by atoms with Gasteiger partial charge in [-0.15, -0.1) is 0 Å². The number of hydrogen-bond acceptors (Lipinski definition) is 3. The Labute approximate surface area is 131 Å². The van der Waals surface area contributed by atoms with Crippen LogP contribution in [0.5, 0.6) is 0 Å². The lowest BCUT2D eigenvalue weighted by Crippen LogP contribution is -2.43. The molecule has 0 heterocycles. The van der Waals surface area contributed by atoms with Crippen LogP contribution in [-0.2, 0) is 6.42 Å². The highest BCUT2D eigenvalue weighted by Gasteiger charge is 2.23. The van der Waals surface area contributed by atoms with Crippen LogP contribution in [0.4, 0.5) is 10.5 Å². The fraction of sp³-hybridized carbons (Fsp3) is 0.529. The van der Waals surface area contributed by atoms with Crippen molar-refractivity contribution in [3.63, 3.8) is 0 Å². The monoisotopic (exact) mass is 304 g/mol. The molecule has 0 aliphatic heterocycles. The van der Waals surface area contributed by atoms with Crippen LogP contribution in [0.2, 0.25) is 0 Å². The molecule has 0 atom stereocenters. The molecule has 120 valence electrons. The van der Waals surface area contributed by atoms with Crippen LogP contribution < -0.4 is 10.6 Å². The van der Waals surface area contributed by atoms with Crippen molar-refractivity contribution in [2.75, 3.05) is 11.9 Å². The Hall–Kier alpha value is -1.88. The van der Waals surface area contributed by atoms with Crippen LogP contribution in [0.15, 0.2) is 18.2 Å². The van der Waals surface area contributed by atoms with Gasteiger partial charge in [-0.3, -0.25) is 4.79 Å². The molecular formula is C17H24N2O3. The van der Waals surface area contributed by atoms with E-state index < -0.39 is 5.60 Å². The molecule has 0 spiro atoms. The van der Waals surface area contributed by atoms with Gasteiger partial charge in [-0.1, -0.05) is 19.9 Å². The Bertz CT molecular complexity index is 565. The molecule has 0 unspecified atom stereocenters. The third-order valence-corrected chi connectivity index (χ3v) is 4.41. The van der Waals surface area contributed by atoms with Gasteiger partial charge in [0, 0.05) is 24.2 Å². The number of rotatable bonds is 5. The Balaban J connectivity index is 1.98. The summed E-state index contributed by atoms with van der Waals surface area (Å²) in [6, 6.07) is 5.07. The molecule has 0 bridgehead atoms. The van der Waals surface area contributed by atoms with Crippen LogP contribution in [0, 0.1) is 0 Å². The smallest absolute Gasteiger partial charge is 0.319 e. The van der Waals surface area contributed by atoms with Crippen molar-refractivity contribution in [2.45, 2.75) is 51.6 Å². The molecule has 1 aliphatic carbocycles. The highest BCUT2D eigenvalue weighted by atomic mass is 16.3. The van der Waals surface area contributed by atoms with Crippen molar-refractivity contribution in [1.82, 2.24) is 5.32 Å². The molecule has 1 aliphatic rings. The van der Waals surface area contributed by atoms with Crippen LogP contribution in [0.1, 0.15) is 55.5 Å². The number of benzene rings is 1. The van der Waals surface area contributed by atoms with E-state index >= 15 is 0 Å². The number of amides is 2. The molecule has 3 N–H and O–H groups in total. The molecule has 1 aromatic rings. The van der Waals surface area contributed by atoms with E-state index in [0.717, 1.165) is 18.4 Å². The largest absolute Gasteiger partial charge is 0.388 e. The number of aryl methyl sites for hydroxylation is 1. The molecule has 22 heavy (non-hydrogen) atoms. The minimum atomic E-state index is -0.872. The summed E-state index contributed by atoms with van der Waals surface area (Å²) in [6.07, 6.45) is 3.54. The van der Waals surface area contributed by atoms with Gasteiger partial charge in [0.15, 0.2) is 5.78 Å². The van der Waals surface area contributed by atoms with Gasteiger partial charge >= 0.3 is 6.03 Å². The summed E-state index contributed by atoms with van der Waals surface area (Å²) in [5.41, 5.74) is 1.49. The van der Waals surface area contributed by atoms with Crippen molar-refractivity contribution in [2.24, 2.45) is 0 Å². The first-order valence-corrected chi connectivity index (χ1v) is 7.91. The number of anilines is 1. The number of carbonyl (C=O) groups is 2.